The summed E-state index contributed by atoms with van der Waals surface area (Å²) in [6.45, 7) is 13.3. The zero-order chi connectivity index (χ0) is 42.3. The lowest BCUT2D eigenvalue weighted by molar-refractivity contribution is -0.135. The predicted molar refractivity (Wildman–Crippen MR) is 231 cm³/mol. The van der Waals surface area contributed by atoms with Crippen molar-refractivity contribution in [1.29, 1.82) is 0 Å². The Morgan fingerprint density at radius 2 is 1.04 bits per heavy atom. The molecule has 0 aromatic heterocycles. The molecule has 326 valence electrons. The van der Waals surface area contributed by atoms with E-state index in [4.69, 9.17) is 5.73 Å². The summed E-state index contributed by atoms with van der Waals surface area (Å²) >= 11 is 1.52. The van der Waals surface area contributed by atoms with Gasteiger partial charge in [0.05, 0.1) is 6.54 Å². The Hall–Kier alpha value is -2.83. The van der Waals surface area contributed by atoms with Gasteiger partial charge in [0.15, 0.2) is 0 Å². The highest BCUT2D eigenvalue weighted by Crippen LogP contribution is 2.16. The summed E-state index contributed by atoms with van der Waals surface area (Å²) in [5.41, 5.74) is 5.49. The first-order valence-electron chi connectivity index (χ1n) is 22.0. The van der Waals surface area contributed by atoms with Gasteiger partial charge >= 0.3 is 0 Å². The fourth-order valence-electron chi connectivity index (χ4n) is 6.57. The van der Waals surface area contributed by atoms with Gasteiger partial charge in [0.2, 0.25) is 35.4 Å². The number of rotatable bonds is 35. The molecule has 0 aromatic carbocycles. The molecule has 0 aliphatic rings. The molecule has 0 heterocycles. The summed E-state index contributed by atoms with van der Waals surface area (Å²) in [7, 11) is 0. The average molecular weight is 811 g/mol. The quantitative estimate of drug-likeness (QED) is 0.0385. The second-order valence-electron chi connectivity index (χ2n) is 16.2. The molecule has 0 aliphatic heterocycles. The van der Waals surface area contributed by atoms with E-state index in [-0.39, 0.29) is 23.7 Å². The molecule has 7 N–H and O–H groups in total. The standard InChI is InChI=1S/C43H82N6O6S/c1-9-12-13-14-15-16-17-18-19-20-21-22-23-24-25-26-36(50)48-39(33(7)11-3)43(55)49-38(32(6)10-2)42(54)45-30-37(51)46-35(29-31(4)5)41(53)47-34(40(44)52)27-28-56-8/h31-35,38-39H,9-30H2,1-8H3,(H2,44,52)(H,45,54)(H,46,51)(H,47,53)(H,48,50)(H,49,55)/t32-,33-,34-,35-,38-,39-/m0/s1. The third-order valence-corrected chi connectivity index (χ3v) is 11.3. The Labute approximate surface area is 344 Å². The van der Waals surface area contributed by atoms with E-state index in [9.17, 15) is 28.8 Å². The van der Waals surface area contributed by atoms with Crippen LogP contribution in [0.5, 0.6) is 0 Å². The second-order valence-corrected chi connectivity index (χ2v) is 17.2. The fraction of sp³-hybridized carbons (Fsp3) is 0.860. The van der Waals surface area contributed by atoms with Crippen molar-refractivity contribution in [2.24, 2.45) is 23.5 Å². The highest BCUT2D eigenvalue weighted by molar-refractivity contribution is 7.98. The maximum Gasteiger partial charge on any atom is 0.243 e. The normalized spacial score (nSPS) is 14.5. The maximum atomic E-state index is 13.6. The van der Waals surface area contributed by atoms with Gasteiger partial charge in [0.25, 0.3) is 0 Å². The van der Waals surface area contributed by atoms with Crippen molar-refractivity contribution < 1.29 is 28.8 Å². The minimum Gasteiger partial charge on any atom is -0.368 e. The lowest BCUT2D eigenvalue weighted by Crippen LogP contribution is -2.58. The number of primary amides is 1. The highest BCUT2D eigenvalue weighted by atomic mass is 32.2. The van der Waals surface area contributed by atoms with Crippen LogP contribution in [0.1, 0.15) is 177 Å². The van der Waals surface area contributed by atoms with E-state index in [0.717, 1.165) is 19.3 Å². The molecule has 56 heavy (non-hydrogen) atoms. The number of nitrogens with two attached hydrogens (primary N) is 1. The van der Waals surface area contributed by atoms with E-state index in [1.807, 2.05) is 47.8 Å². The number of amides is 6. The van der Waals surface area contributed by atoms with E-state index in [1.165, 1.54) is 88.8 Å². The Bertz CT molecular complexity index is 1120. The van der Waals surface area contributed by atoms with E-state index < -0.39 is 60.2 Å². The van der Waals surface area contributed by atoms with Gasteiger partial charge < -0.3 is 32.3 Å². The third-order valence-electron chi connectivity index (χ3n) is 10.7. The molecule has 13 heteroatoms. The number of thioether (sulfide) groups is 1. The first kappa shape index (κ1) is 53.2. The Kier molecular flexibility index (Phi) is 31.5. The van der Waals surface area contributed by atoms with Crippen molar-refractivity contribution in [1.82, 2.24) is 26.6 Å². The molecule has 0 radical (unpaired) electrons. The van der Waals surface area contributed by atoms with Gasteiger partial charge in [-0.15, -0.1) is 0 Å². The van der Waals surface area contributed by atoms with Crippen LogP contribution in [0.2, 0.25) is 0 Å². The maximum absolute atomic E-state index is 13.6. The van der Waals surface area contributed by atoms with Gasteiger partial charge in [0.1, 0.15) is 24.2 Å². The van der Waals surface area contributed by atoms with Gasteiger partial charge in [-0.2, -0.15) is 11.8 Å². The van der Waals surface area contributed by atoms with Gasteiger partial charge in [0, 0.05) is 6.42 Å². The number of carbonyl (C=O) groups is 6. The van der Waals surface area contributed by atoms with Crippen molar-refractivity contribution in [3.05, 3.63) is 0 Å². The molecule has 0 saturated carbocycles. The molecule has 0 unspecified atom stereocenters. The number of nitrogens with one attached hydrogen (secondary N) is 5. The minimum absolute atomic E-state index is 0.0480. The van der Waals surface area contributed by atoms with Gasteiger partial charge in [-0.3, -0.25) is 28.8 Å². The van der Waals surface area contributed by atoms with Crippen molar-refractivity contribution in [3.8, 4) is 0 Å². The molecule has 12 nitrogen and oxygen atoms in total. The van der Waals surface area contributed by atoms with Crippen molar-refractivity contribution in [2.45, 2.75) is 201 Å². The summed E-state index contributed by atoms with van der Waals surface area (Å²) < 4.78 is 0. The van der Waals surface area contributed by atoms with E-state index in [1.54, 1.807) is 0 Å². The molecule has 6 atom stereocenters. The molecule has 0 saturated heterocycles. The topological polar surface area (TPSA) is 189 Å². The van der Waals surface area contributed by atoms with Crippen LogP contribution < -0.4 is 32.3 Å². The fourth-order valence-corrected chi connectivity index (χ4v) is 7.04. The number of hydrogen-bond donors (Lipinski definition) is 6. The number of hydrogen-bond acceptors (Lipinski definition) is 7. The van der Waals surface area contributed by atoms with Crippen LogP contribution in [0.3, 0.4) is 0 Å². The van der Waals surface area contributed by atoms with Gasteiger partial charge in [-0.1, -0.05) is 151 Å². The van der Waals surface area contributed by atoms with Crippen LogP contribution in [0.25, 0.3) is 0 Å². The summed E-state index contributed by atoms with van der Waals surface area (Å²) in [4.78, 5) is 78.0. The lowest BCUT2D eigenvalue weighted by Gasteiger charge is -2.29. The average Bonchev–Trinajstić information content (AvgIpc) is 3.16. The van der Waals surface area contributed by atoms with Crippen LogP contribution in [0, 0.1) is 17.8 Å². The summed E-state index contributed by atoms with van der Waals surface area (Å²) in [5.74, 6) is -2.66. The van der Waals surface area contributed by atoms with E-state index in [2.05, 4.69) is 33.5 Å². The summed E-state index contributed by atoms with van der Waals surface area (Å²) in [6.07, 6.45) is 22.8. The molecule has 0 bridgehead atoms. The minimum atomic E-state index is -0.943. The van der Waals surface area contributed by atoms with Crippen LogP contribution in [-0.2, 0) is 28.8 Å². The Balaban J connectivity index is 5.00. The molecule has 0 aliphatic carbocycles. The SMILES string of the molecule is CCCCCCCCCCCCCCCCCC(=O)N[C@H](C(=O)N[C@H](C(=O)NCC(=O)N[C@@H](CC(C)C)C(=O)N[C@@H](CCSC)C(N)=O)[C@@H](C)CC)[C@@H](C)CC. The number of carbonyl (C=O) groups excluding carboxylic acids is 6. The summed E-state index contributed by atoms with van der Waals surface area (Å²) in [5, 5.41) is 13.7. The van der Waals surface area contributed by atoms with Crippen LogP contribution in [0.15, 0.2) is 0 Å². The molecule has 6 amide bonds. The van der Waals surface area contributed by atoms with E-state index >= 15 is 0 Å². The monoisotopic (exact) mass is 811 g/mol. The zero-order valence-corrected chi connectivity index (χ0v) is 37.3. The first-order chi connectivity index (χ1) is 26.7. The molecular weight excluding hydrogens is 729 g/mol. The van der Waals surface area contributed by atoms with Gasteiger partial charge in [-0.05, 0) is 49.0 Å². The van der Waals surface area contributed by atoms with Crippen molar-refractivity contribution >= 4 is 47.2 Å². The zero-order valence-electron chi connectivity index (χ0n) is 36.5. The second kappa shape index (κ2) is 33.2. The van der Waals surface area contributed by atoms with Crippen molar-refractivity contribution in [2.75, 3.05) is 18.6 Å². The van der Waals surface area contributed by atoms with Crippen molar-refractivity contribution in [3.63, 3.8) is 0 Å². The first-order valence-corrected chi connectivity index (χ1v) is 23.4. The smallest absolute Gasteiger partial charge is 0.243 e. The van der Waals surface area contributed by atoms with Crippen LogP contribution >= 0.6 is 11.8 Å². The predicted octanol–water partition coefficient (Wildman–Crippen LogP) is 6.68. The van der Waals surface area contributed by atoms with E-state index in [0.29, 0.717) is 37.9 Å². The molecule has 0 spiro atoms. The third kappa shape index (κ3) is 25.4. The lowest BCUT2D eigenvalue weighted by atomic mass is 9.94. The Morgan fingerprint density at radius 3 is 1.48 bits per heavy atom. The molecular formula is C43H82N6O6S. The Morgan fingerprint density at radius 1 is 0.554 bits per heavy atom. The van der Waals surface area contributed by atoms with Crippen LogP contribution in [-0.4, -0.2) is 78.2 Å². The highest BCUT2D eigenvalue weighted by Gasteiger charge is 2.33. The number of unbranched alkanes of at least 4 members (excludes halogenated alkanes) is 14. The van der Waals surface area contributed by atoms with Crippen LogP contribution in [0.4, 0.5) is 0 Å². The molecule has 0 fully saturated rings. The summed E-state index contributed by atoms with van der Waals surface area (Å²) in [6, 6.07) is -3.54. The molecule has 0 rings (SSSR count). The largest absolute Gasteiger partial charge is 0.368 e. The molecule has 0 aromatic rings. The van der Waals surface area contributed by atoms with Gasteiger partial charge in [-0.25, -0.2) is 0 Å².